The molecule has 1 aromatic heterocycles. The quantitative estimate of drug-likeness (QED) is 0.667. The van der Waals surface area contributed by atoms with Crippen molar-refractivity contribution in [3.05, 3.63) is 52.0 Å². The maximum absolute atomic E-state index is 6.00. The number of hydrogen-bond acceptors (Lipinski definition) is 5. The molecule has 5 N–H and O–H groups in total. The molecule has 22 heavy (non-hydrogen) atoms. The summed E-state index contributed by atoms with van der Waals surface area (Å²) in [7, 11) is 0. The monoisotopic (exact) mass is 357 g/mol. The molecule has 6 heteroatoms. The van der Waals surface area contributed by atoms with Crippen molar-refractivity contribution in [2.24, 2.45) is 0 Å². The van der Waals surface area contributed by atoms with Gasteiger partial charge in [0.1, 0.15) is 5.82 Å². The number of hydrogen-bond donors (Lipinski definition) is 3. The third-order valence-corrected chi connectivity index (χ3v) is 4.08. The topological polar surface area (TPSA) is 89.8 Å². The van der Waals surface area contributed by atoms with Gasteiger partial charge in [0, 0.05) is 22.1 Å². The van der Waals surface area contributed by atoms with E-state index in [4.69, 9.17) is 11.5 Å². The van der Waals surface area contributed by atoms with Crippen LogP contribution < -0.4 is 16.8 Å². The minimum Gasteiger partial charge on any atom is -0.383 e. The van der Waals surface area contributed by atoms with Crippen molar-refractivity contribution in [1.82, 2.24) is 9.97 Å². The summed E-state index contributed by atoms with van der Waals surface area (Å²) in [6.45, 7) is 2.72. The molecule has 0 bridgehead atoms. The van der Waals surface area contributed by atoms with Gasteiger partial charge in [-0.15, -0.1) is 0 Å². The summed E-state index contributed by atoms with van der Waals surface area (Å²) in [5.41, 5.74) is 15.7. The number of nitrogens with two attached hydrogens (primary N) is 2. The standard InChI is InChI=1S/C16H16BrN5/c1-9-10(8-20-12-4-2-3-11(17)7-12)5-6-13-14(9)15(18)22-16(19)21-13/h2-7,20H,8H2,1H3,(H4,18,19,21,22). The Bertz CT molecular complexity index is 847. The highest BCUT2D eigenvalue weighted by molar-refractivity contribution is 9.10. The summed E-state index contributed by atoms with van der Waals surface area (Å²) >= 11 is 3.47. The fourth-order valence-corrected chi connectivity index (χ4v) is 2.87. The molecule has 2 aromatic carbocycles. The molecule has 3 aromatic rings. The fraction of sp³-hybridized carbons (Fsp3) is 0.125. The Hall–Kier alpha value is -2.34. The zero-order valence-electron chi connectivity index (χ0n) is 12.1. The Morgan fingerprint density at radius 1 is 1.14 bits per heavy atom. The molecule has 0 amide bonds. The second-order valence-electron chi connectivity index (χ2n) is 5.07. The molecule has 0 saturated carbocycles. The normalized spacial score (nSPS) is 10.8. The molecular formula is C16H16BrN5. The zero-order chi connectivity index (χ0) is 15.7. The van der Waals surface area contributed by atoms with E-state index in [1.807, 2.05) is 43.3 Å². The van der Waals surface area contributed by atoms with Gasteiger partial charge in [0.25, 0.3) is 0 Å². The predicted octanol–water partition coefficient (Wildman–Crippen LogP) is 3.48. The summed E-state index contributed by atoms with van der Waals surface area (Å²) in [6.07, 6.45) is 0. The molecule has 0 unspecified atom stereocenters. The second-order valence-corrected chi connectivity index (χ2v) is 5.99. The number of rotatable bonds is 3. The van der Waals surface area contributed by atoms with Gasteiger partial charge in [-0.05, 0) is 42.3 Å². The van der Waals surface area contributed by atoms with Crippen LogP contribution in [0, 0.1) is 6.92 Å². The zero-order valence-corrected chi connectivity index (χ0v) is 13.7. The predicted molar refractivity (Wildman–Crippen MR) is 94.6 cm³/mol. The molecule has 0 radical (unpaired) electrons. The van der Waals surface area contributed by atoms with Gasteiger partial charge in [0.2, 0.25) is 5.95 Å². The third-order valence-electron chi connectivity index (χ3n) is 3.59. The average Bonchev–Trinajstić information content (AvgIpc) is 2.46. The van der Waals surface area contributed by atoms with Crippen molar-refractivity contribution in [2.75, 3.05) is 16.8 Å². The fourth-order valence-electron chi connectivity index (χ4n) is 2.47. The van der Waals surface area contributed by atoms with E-state index in [0.717, 1.165) is 32.2 Å². The number of anilines is 3. The molecule has 112 valence electrons. The molecule has 1 heterocycles. The number of benzene rings is 2. The highest BCUT2D eigenvalue weighted by atomic mass is 79.9. The highest BCUT2D eigenvalue weighted by Gasteiger charge is 2.09. The molecule has 0 aliphatic carbocycles. The van der Waals surface area contributed by atoms with Gasteiger partial charge in [-0.1, -0.05) is 28.1 Å². The molecule has 0 spiro atoms. The number of halogens is 1. The second kappa shape index (κ2) is 5.81. The van der Waals surface area contributed by atoms with Gasteiger partial charge >= 0.3 is 0 Å². The Labute approximate surface area is 136 Å². The number of fused-ring (bicyclic) bond motifs is 1. The van der Waals surface area contributed by atoms with Gasteiger partial charge in [0.15, 0.2) is 0 Å². The van der Waals surface area contributed by atoms with Gasteiger partial charge in [-0.3, -0.25) is 0 Å². The van der Waals surface area contributed by atoms with Gasteiger partial charge < -0.3 is 16.8 Å². The summed E-state index contributed by atoms with van der Waals surface area (Å²) in [6, 6.07) is 12.0. The largest absolute Gasteiger partial charge is 0.383 e. The molecule has 0 aliphatic rings. The average molecular weight is 358 g/mol. The van der Waals surface area contributed by atoms with Crippen LogP contribution in [0.1, 0.15) is 11.1 Å². The van der Waals surface area contributed by atoms with Crippen LogP contribution in [0.5, 0.6) is 0 Å². The molecule has 5 nitrogen and oxygen atoms in total. The molecule has 0 fully saturated rings. The third kappa shape index (κ3) is 2.82. The van der Waals surface area contributed by atoms with Gasteiger partial charge in [-0.2, -0.15) is 4.98 Å². The lowest BCUT2D eigenvalue weighted by Gasteiger charge is -2.12. The van der Waals surface area contributed by atoms with Crippen LogP contribution in [0.4, 0.5) is 17.5 Å². The highest BCUT2D eigenvalue weighted by Crippen LogP contribution is 2.26. The van der Waals surface area contributed by atoms with E-state index in [0.29, 0.717) is 12.4 Å². The van der Waals surface area contributed by atoms with Crippen molar-refractivity contribution in [1.29, 1.82) is 0 Å². The summed E-state index contributed by atoms with van der Waals surface area (Å²) in [5, 5.41) is 4.27. The van der Waals surface area contributed by atoms with Crippen molar-refractivity contribution < 1.29 is 0 Å². The minimum atomic E-state index is 0.199. The van der Waals surface area contributed by atoms with Crippen LogP contribution in [0.25, 0.3) is 10.9 Å². The van der Waals surface area contributed by atoms with Crippen LogP contribution in [-0.2, 0) is 6.54 Å². The van der Waals surface area contributed by atoms with E-state index < -0.39 is 0 Å². The lowest BCUT2D eigenvalue weighted by molar-refractivity contribution is 1.12. The van der Waals surface area contributed by atoms with E-state index in [-0.39, 0.29) is 5.95 Å². The molecular weight excluding hydrogens is 342 g/mol. The first-order valence-corrected chi connectivity index (χ1v) is 7.64. The maximum Gasteiger partial charge on any atom is 0.222 e. The van der Waals surface area contributed by atoms with Crippen molar-refractivity contribution in [2.45, 2.75) is 13.5 Å². The number of nitrogens with one attached hydrogen (secondary N) is 1. The van der Waals surface area contributed by atoms with Crippen LogP contribution in [0.15, 0.2) is 40.9 Å². The van der Waals surface area contributed by atoms with Crippen molar-refractivity contribution in [3.63, 3.8) is 0 Å². The van der Waals surface area contributed by atoms with E-state index in [2.05, 4.69) is 31.2 Å². The molecule has 0 atom stereocenters. The summed E-state index contributed by atoms with van der Waals surface area (Å²) in [5.74, 6) is 0.619. The van der Waals surface area contributed by atoms with Crippen molar-refractivity contribution >= 4 is 44.3 Å². The van der Waals surface area contributed by atoms with Gasteiger partial charge in [-0.25, -0.2) is 4.98 Å². The van der Waals surface area contributed by atoms with Crippen molar-refractivity contribution in [3.8, 4) is 0 Å². The lowest BCUT2D eigenvalue weighted by atomic mass is 10.0. The molecule has 3 rings (SSSR count). The first kappa shape index (κ1) is 14.6. The number of aryl methyl sites for hydroxylation is 1. The SMILES string of the molecule is Cc1c(CNc2cccc(Br)c2)ccc2nc(N)nc(N)c12. The minimum absolute atomic E-state index is 0.199. The number of aromatic nitrogens is 2. The van der Waals surface area contributed by atoms with Crippen LogP contribution in [-0.4, -0.2) is 9.97 Å². The first-order chi connectivity index (χ1) is 10.5. The molecule has 0 aliphatic heterocycles. The molecule has 0 saturated heterocycles. The summed E-state index contributed by atoms with van der Waals surface area (Å²) in [4.78, 5) is 8.28. The smallest absolute Gasteiger partial charge is 0.222 e. The van der Waals surface area contributed by atoms with E-state index in [1.54, 1.807) is 0 Å². The summed E-state index contributed by atoms with van der Waals surface area (Å²) < 4.78 is 1.04. The lowest BCUT2D eigenvalue weighted by Crippen LogP contribution is -2.05. The van der Waals surface area contributed by atoms with E-state index >= 15 is 0 Å². The van der Waals surface area contributed by atoms with Crippen LogP contribution >= 0.6 is 15.9 Å². The Morgan fingerprint density at radius 3 is 2.73 bits per heavy atom. The van der Waals surface area contributed by atoms with Gasteiger partial charge in [0.05, 0.1) is 5.52 Å². The van der Waals surface area contributed by atoms with E-state index in [9.17, 15) is 0 Å². The van der Waals surface area contributed by atoms with Crippen LogP contribution in [0.3, 0.4) is 0 Å². The Kier molecular flexibility index (Phi) is 3.85. The number of nitrogens with zero attached hydrogens (tertiary/aromatic N) is 2. The van der Waals surface area contributed by atoms with E-state index in [1.165, 1.54) is 0 Å². The Balaban J connectivity index is 1.93. The van der Waals surface area contributed by atoms with Crippen LogP contribution in [0.2, 0.25) is 0 Å². The maximum atomic E-state index is 6.00. The first-order valence-electron chi connectivity index (χ1n) is 6.85. The Morgan fingerprint density at radius 2 is 1.95 bits per heavy atom. The number of nitrogen functional groups attached to an aromatic ring is 2.